The van der Waals surface area contributed by atoms with Gasteiger partial charge in [-0.1, -0.05) is 0 Å². The van der Waals surface area contributed by atoms with Crippen molar-refractivity contribution in [3.63, 3.8) is 0 Å². The molecule has 0 saturated carbocycles. The lowest BCUT2D eigenvalue weighted by atomic mass is 10.1. The lowest BCUT2D eigenvalue weighted by Gasteiger charge is -2.19. The summed E-state index contributed by atoms with van der Waals surface area (Å²) in [5.74, 6) is 0. The van der Waals surface area contributed by atoms with Crippen molar-refractivity contribution in [2.24, 2.45) is 0 Å². The molecule has 0 aliphatic carbocycles. The highest BCUT2D eigenvalue weighted by Gasteiger charge is 2.48. The Morgan fingerprint density at radius 1 is 0.705 bits per heavy atom. The molecule has 2 aromatic rings. The minimum atomic E-state index is -5.81. The Hall–Kier alpha value is -1.37. The lowest BCUT2D eigenvalue weighted by molar-refractivity contribution is -0.0546. The van der Waals surface area contributed by atoms with E-state index in [9.17, 15) is 48.5 Å². The van der Waals surface area contributed by atoms with Crippen molar-refractivity contribution in [2.45, 2.75) is 49.1 Å². The van der Waals surface area contributed by atoms with E-state index in [-0.39, 0.29) is 11.2 Å². The Labute approximate surface area is 243 Å². The van der Waals surface area contributed by atoms with Gasteiger partial charge in [0.2, 0.25) is 0 Å². The zero-order chi connectivity index (χ0) is 33.0. The third-order valence-electron chi connectivity index (χ3n) is 6.00. The average Bonchev–Trinajstić information content (AvgIpc) is 3.50. The molecular weight excluding hydrogens is 694 g/mol. The second-order valence-corrected chi connectivity index (χ2v) is 14.7. The van der Waals surface area contributed by atoms with Gasteiger partial charge in [-0.05, 0) is 0 Å². The van der Waals surface area contributed by atoms with Gasteiger partial charge < -0.3 is 59.3 Å². The van der Waals surface area contributed by atoms with Crippen molar-refractivity contribution in [3.8, 4) is 0 Å². The molecule has 4 heterocycles. The molecule has 4 rings (SSSR count). The van der Waals surface area contributed by atoms with Crippen LogP contribution in [0.1, 0.15) is 12.5 Å². The van der Waals surface area contributed by atoms with Crippen LogP contribution in [-0.4, -0.2) is 119 Å². The first-order valence-electron chi connectivity index (χ1n) is 11.6. The van der Waals surface area contributed by atoms with Crippen LogP contribution in [-0.2, 0) is 45.4 Å². The van der Waals surface area contributed by atoms with E-state index in [2.05, 4.69) is 27.6 Å². The second-order valence-electron chi connectivity index (χ2n) is 9.09. The molecule has 29 heteroatoms. The number of imidazole rings is 1. The molecule has 2 aliphatic heterocycles. The minimum Gasteiger partial charge on any atom is -0.387 e. The zero-order valence-electron chi connectivity index (χ0n) is 21.3. The van der Waals surface area contributed by atoms with E-state index in [1.54, 1.807) is 0 Å². The van der Waals surface area contributed by atoms with Crippen LogP contribution in [0.4, 0.5) is 0 Å². The normalized spacial score (nSPS) is 32.6. The summed E-state index contributed by atoms with van der Waals surface area (Å²) in [6.45, 7) is -1.89. The summed E-state index contributed by atoms with van der Waals surface area (Å²) in [5.41, 5.74) is -0.820. The number of ether oxygens (including phenoxy) is 2. The van der Waals surface area contributed by atoms with E-state index in [1.807, 2.05) is 0 Å². The second kappa shape index (κ2) is 12.7. The van der Waals surface area contributed by atoms with Crippen molar-refractivity contribution in [2.75, 3.05) is 13.2 Å². The van der Waals surface area contributed by atoms with Gasteiger partial charge in [0.05, 0.1) is 19.5 Å². The molecule has 250 valence electrons. The van der Waals surface area contributed by atoms with E-state index in [1.165, 1.54) is 0 Å². The highest BCUT2D eigenvalue weighted by Crippen LogP contribution is 2.66. The molecule has 44 heavy (non-hydrogen) atoms. The van der Waals surface area contributed by atoms with Crippen LogP contribution in [0, 0.1) is 5.41 Å². The number of aliphatic hydroxyl groups excluding tert-OH is 4. The Morgan fingerprint density at radius 2 is 1.20 bits per heavy atom. The predicted octanol–water partition coefficient (Wildman–Crippen LogP) is -3.60. The summed E-state index contributed by atoms with van der Waals surface area (Å²) in [6.07, 6.45) is -11.1. The van der Waals surface area contributed by atoms with E-state index >= 15 is 0 Å². The number of phosphoric ester groups is 2. The van der Waals surface area contributed by atoms with Gasteiger partial charge in [0.1, 0.15) is 43.0 Å². The zero-order valence-corrected chi connectivity index (χ0v) is 24.9. The van der Waals surface area contributed by atoms with Crippen molar-refractivity contribution in [1.29, 1.82) is 5.41 Å². The maximum absolute atomic E-state index is 12.0. The van der Waals surface area contributed by atoms with Crippen LogP contribution in [0.3, 0.4) is 0 Å². The fourth-order valence-electron chi connectivity index (χ4n) is 4.16. The number of hydrogen-bond acceptors (Lipinski definition) is 17. The van der Waals surface area contributed by atoms with E-state index in [0.29, 0.717) is 0 Å². The molecule has 2 saturated heterocycles. The highest BCUT2D eigenvalue weighted by atomic mass is 31.3. The molecule has 0 bridgehead atoms. The van der Waals surface area contributed by atoms with Crippen LogP contribution in [0.25, 0.3) is 11.2 Å². The van der Waals surface area contributed by atoms with Gasteiger partial charge in [0.15, 0.2) is 29.1 Å². The molecule has 2 aliphatic rings. The maximum Gasteiger partial charge on any atom is 0.490 e. The number of nitrogens with zero attached hydrogens (tertiary/aromatic N) is 4. The summed E-state index contributed by atoms with van der Waals surface area (Å²) < 4.78 is 73.9. The molecule has 0 spiro atoms. The van der Waals surface area contributed by atoms with Crippen LogP contribution >= 0.6 is 31.3 Å². The highest BCUT2D eigenvalue weighted by molar-refractivity contribution is 7.66. The quantitative estimate of drug-likeness (QED) is 0.0944. The fourth-order valence-corrected chi connectivity index (χ4v) is 7.53. The largest absolute Gasteiger partial charge is 0.490 e. The number of phosphoric acid groups is 4. The predicted molar refractivity (Wildman–Crippen MR) is 131 cm³/mol. The summed E-state index contributed by atoms with van der Waals surface area (Å²) in [4.78, 5) is 61.8. The standard InChI is InChI=1S/C15H25N5O20P4/c16-12-7-13(18-4-19(12)14-10(23)8(21)5(37-14)1-35-41(25,26)27)20(3-17-7)15-11(24)9(22)6(38-15)2-36-43(31,32)40-44(33,34)39-42(28,29)30/h3-6,8-11,14-16,21-24H,1-2H2,(H,31,32)(H,33,34)(H2,25,26,27)(H2,28,29,30)/t5-,6-,8-,9-,10-,11-,14?,15-/m1/s1. The number of nitrogens with one attached hydrogen (secondary N) is 1. The minimum absolute atomic E-state index is 0.148. The van der Waals surface area contributed by atoms with Gasteiger partial charge in [-0.3, -0.25) is 23.6 Å². The SMILES string of the molecule is N=c1c2ncn([C@@H]3O[C@H](COP(=O)(O)OP(=O)(O)OP(=O)(O)O)[C@@H](O)[C@H]3O)c2ncn1C1O[C@H](COP(=O)(O)O)[C@@H](O)[C@H]1O. The third kappa shape index (κ3) is 8.12. The first-order chi connectivity index (χ1) is 20.1. The molecule has 0 radical (unpaired) electrons. The van der Waals surface area contributed by atoms with Crippen molar-refractivity contribution >= 4 is 42.5 Å². The van der Waals surface area contributed by atoms with Gasteiger partial charge in [0.25, 0.3) is 0 Å². The number of hydrogen-bond donors (Lipinski definition) is 11. The Kier molecular flexibility index (Phi) is 10.2. The number of aromatic nitrogens is 4. The monoisotopic (exact) mass is 719 g/mol. The molecule has 2 fully saturated rings. The number of fused-ring (bicyclic) bond motifs is 1. The summed E-state index contributed by atoms with van der Waals surface area (Å²) in [6, 6.07) is 0. The third-order valence-corrected chi connectivity index (χ3v) is 10.3. The molecule has 2 aromatic heterocycles. The van der Waals surface area contributed by atoms with E-state index in [4.69, 9.17) is 34.5 Å². The van der Waals surface area contributed by atoms with E-state index < -0.39 is 99.1 Å². The summed E-state index contributed by atoms with van der Waals surface area (Å²) >= 11 is 0. The number of rotatable bonds is 12. The molecule has 11 N–H and O–H groups in total. The topological polar surface area (TPSA) is 385 Å². The van der Waals surface area contributed by atoms with Gasteiger partial charge in [-0.15, -0.1) is 0 Å². The Morgan fingerprint density at radius 3 is 1.73 bits per heavy atom. The van der Waals surface area contributed by atoms with Gasteiger partial charge >= 0.3 is 31.3 Å². The Balaban J connectivity index is 1.48. The summed E-state index contributed by atoms with van der Waals surface area (Å²) in [7, 11) is -22.0. The molecule has 25 nitrogen and oxygen atoms in total. The molecule has 10 atom stereocenters. The van der Waals surface area contributed by atoms with Gasteiger partial charge in [0, 0.05) is 0 Å². The summed E-state index contributed by atoms with van der Waals surface area (Å²) in [5, 5.41) is 50.0. The molecule has 0 amide bonds. The van der Waals surface area contributed by atoms with Crippen molar-refractivity contribution in [3.05, 3.63) is 18.1 Å². The van der Waals surface area contributed by atoms with Crippen LogP contribution in [0.5, 0.6) is 0 Å². The average molecular weight is 719 g/mol. The molecular formula is C15H25N5O20P4. The van der Waals surface area contributed by atoms with E-state index in [0.717, 1.165) is 21.8 Å². The van der Waals surface area contributed by atoms with Crippen molar-refractivity contribution < 1.29 is 95.2 Å². The first kappa shape index (κ1) is 35.5. The van der Waals surface area contributed by atoms with Crippen LogP contribution in [0.2, 0.25) is 0 Å². The van der Waals surface area contributed by atoms with Gasteiger partial charge in [-0.2, -0.15) is 8.62 Å². The smallest absolute Gasteiger partial charge is 0.387 e. The fraction of sp³-hybridized carbons (Fsp3) is 0.667. The van der Waals surface area contributed by atoms with Crippen LogP contribution in [0.15, 0.2) is 12.7 Å². The Bertz CT molecular complexity index is 1620. The van der Waals surface area contributed by atoms with Crippen LogP contribution < -0.4 is 5.49 Å². The molecule has 0 aromatic carbocycles. The maximum atomic E-state index is 12.0. The lowest BCUT2D eigenvalue weighted by Crippen LogP contribution is -2.36. The van der Waals surface area contributed by atoms with Gasteiger partial charge in [-0.25, -0.2) is 28.2 Å². The molecule has 3 unspecified atom stereocenters. The number of aliphatic hydroxyl groups is 4. The van der Waals surface area contributed by atoms with Crippen molar-refractivity contribution in [1.82, 2.24) is 19.1 Å². The first-order valence-corrected chi connectivity index (χ1v) is 17.6.